The van der Waals surface area contributed by atoms with Crippen molar-refractivity contribution in [2.45, 2.75) is 37.4 Å². The van der Waals surface area contributed by atoms with E-state index in [1.54, 1.807) is 0 Å². The average Bonchev–Trinajstić information content (AvgIpc) is 2.67. The third-order valence-electron chi connectivity index (χ3n) is 4.78. The number of aromatic carboxylic acids is 1. The minimum absolute atomic E-state index is 0.134. The quantitative estimate of drug-likeness (QED) is 0.642. The Balaban J connectivity index is 1.88. The fraction of sp³-hybridized carbons (Fsp3) is 0.421. The molecule has 2 aromatic rings. The maximum absolute atomic E-state index is 11.5. The molecule has 5 nitrogen and oxygen atoms in total. The van der Waals surface area contributed by atoms with Crippen LogP contribution in [0.1, 0.15) is 48.1 Å². The van der Waals surface area contributed by atoms with Crippen LogP contribution in [0.2, 0.25) is 0 Å². The van der Waals surface area contributed by atoms with Gasteiger partial charge in [0, 0.05) is 17.8 Å². The third kappa shape index (κ3) is 4.02. The number of benzene rings is 1. The first kappa shape index (κ1) is 17.9. The molecule has 1 aromatic heterocycles. The van der Waals surface area contributed by atoms with Gasteiger partial charge in [0.2, 0.25) is 0 Å². The van der Waals surface area contributed by atoms with E-state index in [4.69, 9.17) is 0 Å². The molecule has 1 atom stereocenters. The molecule has 1 aliphatic heterocycles. The lowest BCUT2D eigenvalue weighted by atomic mass is 10.00. The van der Waals surface area contributed by atoms with Gasteiger partial charge < -0.3 is 5.11 Å². The number of carboxylic acids is 1. The molecule has 0 radical (unpaired) electrons. The van der Waals surface area contributed by atoms with E-state index in [1.807, 2.05) is 18.4 Å². The zero-order chi connectivity index (χ0) is 17.8. The molecule has 0 saturated carbocycles. The van der Waals surface area contributed by atoms with Crippen LogP contribution in [0.3, 0.4) is 0 Å². The van der Waals surface area contributed by atoms with Gasteiger partial charge in [-0.1, -0.05) is 42.4 Å². The maximum atomic E-state index is 11.5. The predicted molar refractivity (Wildman–Crippen MR) is 100 cm³/mol. The van der Waals surface area contributed by atoms with E-state index < -0.39 is 5.97 Å². The summed E-state index contributed by atoms with van der Waals surface area (Å²) in [6.45, 7) is 4.53. The van der Waals surface area contributed by atoms with Gasteiger partial charge in [-0.15, -0.1) is 0 Å². The molecule has 1 aliphatic rings. The lowest BCUT2D eigenvalue weighted by Crippen LogP contribution is -2.32. The van der Waals surface area contributed by atoms with Crippen LogP contribution in [0.25, 0.3) is 11.3 Å². The van der Waals surface area contributed by atoms with E-state index in [1.165, 1.54) is 42.8 Å². The highest BCUT2D eigenvalue weighted by Gasteiger charge is 2.19. The van der Waals surface area contributed by atoms with Crippen molar-refractivity contribution < 1.29 is 9.90 Å². The van der Waals surface area contributed by atoms with Crippen molar-refractivity contribution in [1.29, 1.82) is 0 Å². The molecule has 2 heterocycles. The fourth-order valence-corrected chi connectivity index (χ4v) is 3.62. The first-order valence-corrected chi connectivity index (χ1v) is 9.81. The second kappa shape index (κ2) is 7.97. The van der Waals surface area contributed by atoms with Crippen LogP contribution in [-0.4, -0.2) is 45.3 Å². The molecule has 0 amide bonds. The summed E-state index contributed by atoms with van der Waals surface area (Å²) in [5, 5.41) is 9.98. The van der Waals surface area contributed by atoms with Crippen LogP contribution in [0.5, 0.6) is 0 Å². The first-order valence-electron chi connectivity index (χ1n) is 8.59. The van der Waals surface area contributed by atoms with Crippen molar-refractivity contribution in [3.8, 4) is 11.3 Å². The van der Waals surface area contributed by atoms with E-state index >= 15 is 0 Å². The number of hydrogen-bond donors (Lipinski definition) is 1. The monoisotopic (exact) mass is 357 g/mol. The lowest BCUT2D eigenvalue weighted by Gasteiger charge is -2.32. The zero-order valence-corrected chi connectivity index (χ0v) is 15.4. The molecule has 0 unspecified atom stereocenters. The lowest BCUT2D eigenvalue weighted by molar-refractivity contribution is 0.0696. The predicted octanol–water partition coefficient (Wildman–Crippen LogP) is 4.11. The SMILES string of the molecule is CSc1ncc(C(=O)O)c(-c2ccc([C@H](C)N3CCCCC3)cc2)n1. The Morgan fingerprint density at radius 1 is 1.20 bits per heavy atom. The third-order valence-corrected chi connectivity index (χ3v) is 5.35. The molecule has 132 valence electrons. The number of likely N-dealkylation sites (tertiary alicyclic amines) is 1. The van der Waals surface area contributed by atoms with Gasteiger partial charge in [-0.05, 0) is 44.7 Å². The number of piperidine rings is 1. The summed E-state index contributed by atoms with van der Waals surface area (Å²) in [6, 6.07) is 8.48. The summed E-state index contributed by atoms with van der Waals surface area (Å²) in [5.41, 5.74) is 2.67. The van der Waals surface area contributed by atoms with Gasteiger partial charge in [-0.3, -0.25) is 4.90 Å². The second-order valence-corrected chi connectivity index (χ2v) is 7.09. The Bertz CT molecular complexity index is 743. The molecule has 25 heavy (non-hydrogen) atoms. The smallest absolute Gasteiger partial charge is 0.339 e. The van der Waals surface area contributed by atoms with Crippen molar-refractivity contribution in [2.24, 2.45) is 0 Å². The van der Waals surface area contributed by atoms with Gasteiger partial charge in [0.1, 0.15) is 5.56 Å². The Kier molecular flexibility index (Phi) is 5.71. The number of carboxylic acid groups (broad SMARTS) is 1. The highest BCUT2D eigenvalue weighted by molar-refractivity contribution is 7.98. The molecule has 1 fully saturated rings. The largest absolute Gasteiger partial charge is 0.478 e. The van der Waals surface area contributed by atoms with Crippen LogP contribution in [0.15, 0.2) is 35.6 Å². The molecular weight excluding hydrogens is 334 g/mol. The van der Waals surface area contributed by atoms with Crippen LogP contribution in [-0.2, 0) is 0 Å². The summed E-state index contributed by atoms with van der Waals surface area (Å²) in [5.74, 6) is -1.01. The zero-order valence-electron chi connectivity index (χ0n) is 14.6. The highest BCUT2D eigenvalue weighted by atomic mass is 32.2. The minimum Gasteiger partial charge on any atom is -0.478 e. The number of thioether (sulfide) groups is 1. The Morgan fingerprint density at radius 3 is 2.48 bits per heavy atom. The van der Waals surface area contributed by atoms with Crippen molar-refractivity contribution in [2.75, 3.05) is 19.3 Å². The first-order chi connectivity index (χ1) is 12.1. The number of aromatic nitrogens is 2. The van der Waals surface area contributed by atoms with Crippen LogP contribution in [0, 0.1) is 0 Å². The van der Waals surface area contributed by atoms with E-state index in [-0.39, 0.29) is 5.56 Å². The molecule has 1 N–H and O–H groups in total. The Morgan fingerprint density at radius 2 is 1.88 bits per heavy atom. The Hall–Kier alpha value is -1.92. The standard InChI is InChI=1S/C19H23N3O2S/c1-13(22-10-4-3-5-11-22)14-6-8-15(9-7-14)17-16(18(23)24)12-20-19(21-17)25-2/h6-9,12-13H,3-5,10-11H2,1-2H3,(H,23,24)/t13-/m0/s1. The van der Waals surface area contributed by atoms with Gasteiger partial charge in [0.25, 0.3) is 0 Å². The van der Waals surface area contributed by atoms with E-state index in [0.29, 0.717) is 16.9 Å². The molecular formula is C19H23N3O2S. The van der Waals surface area contributed by atoms with E-state index in [9.17, 15) is 9.90 Å². The molecule has 0 bridgehead atoms. The molecule has 0 aliphatic carbocycles. The fourth-order valence-electron chi connectivity index (χ4n) is 3.28. The number of rotatable bonds is 5. The van der Waals surface area contributed by atoms with Crippen molar-refractivity contribution in [3.05, 3.63) is 41.6 Å². The Labute approximate surface area is 152 Å². The molecule has 1 aromatic carbocycles. The maximum Gasteiger partial charge on any atom is 0.339 e. The number of nitrogens with zero attached hydrogens (tertiary/aromatic N) is 3. The summed E-state index contributed by atoms with van der Waals surface area (Å²) in [7, 11) is 0. The molecule has 1 saturated heterocycles. The number of carbonyl (C=O) groups is 1. The summed E-state index contributed by atoms with van der Waals surface area (Å²) in [6.07, 6.45) is 7.13. The molecule has 0 spiro atoms. The normalized spacial score (nSPS) is 16.6. The summed E-state index contributed by atoms with van der Waals surface area (Å²) in [4.78, 5) is 22.5. The topological polar surface area (TPSA) is 66.3 Å². The summed E-state index contributed by atoms with van der Waals surface area (Å²) < 4.78 is 0. The van der Waals surface area contributed by atoms with E-state index in [2.05, 4.69) is 33.9 Å². The van der Waals surface area contributed by atoms with Crippen LogP contribution in [0.4, 0.5) is 0 Å². The van der Waals surface area contributed by atoms with Gasteiger partial charge >= 0.3 is 5.97 Å². The van der Waals surface area contributed by atoms with Gasteiger partial charge in [-0.25, -0.2) is 14.8 Å². The minimum atomic E-state index is -1.01. The van der Waals surface area contributed by atoms with Crippen molar-refractivity contribution in [3.63, 3.8) is 0 Å². The van der Waals surface area contributed by atoms with Crippen molar-refractivity contribution in [1.82, 2.24) is 14.9 Å². The summed E-state index contributed by atoms with van der Waals surface area (Å²) >= 11 is 1.40. The van der Waals surface area contributed by atoms with Gasteiger partial charge in [-0.2, -0.15) is 0 Å². The molecule has 3 rings (SSSR count). The van der Waals surface area contributed by atoms with Gasteiger partial charge in [0.15, 0.2) is 5.16 Å². The van der Waals surface area contributed by atoms with Gasteiger partial charge in [0.05, 0.1) is 5.69 Å². The van der Waals surface area contributed by atoms with Crippen LogP contribution >= 0.6 is 11.8 Å². The van der Waals surface area contributed by atoms with E-state index in [0.717, 1.165) is 18.7 Å². The molecule has 6 heteroatoms. The second-order valence-electron chi connectivity index (χ2n) is 6.32. The highest BCUT2D eigenvalue weighted by Crippen LogP contribution is 2.28. The average molecular weight is 357 g/mol. The van der Waals surface area contributed by atoms with Crippen molar-refractivity contribution >= 4 is 17.7 Å². The van der Waals surface area contributed by atoms with Crippen LogP contribution < -0.4 is 0 Å². The number of hydrogen-bond acceptors (Lipinski definition) is 5.